The normalized spacial score (nSPS) is 16.6. The Kier molecular flexibility index (Phi) is 5.72. The van der Waals surface area contributed by atoms with Crippen molar-refractivity contribution in [2.75, 3.05) is 19.7 Å². The van der Waals surface area contributed by atoms with Crippen molar-refractivity contribution in [3.63, 3.8) is 0 Å². The van der Waals surface area contributed by atoms with Crippen LogP contribution in [-0.4, -0.2) is 35.5 Å². The summed E-state index contributed by atoms with van der Waals surface area (Å²) in [7, 11) is 0. The molecule has 0 bridgehead atoms. The van der Waals surface area contributed by atoms with Crippen LogP contribution in [0.1, 0.15) is 44.5 Å². The molecule has 0 radical (unpaired) electrons. The molecule has 0 unspecified atom stereocenters. The third-order valence-electron chi connectivity index (χ3n) is 5.27. The lowest BCUT2D eigenvalue weighted by Gasteiger charge is -2.33. The minimum atomic E-state index is -0.201. The van der Waals surface area contributed by atoms with Crippen LogP contribution in [0.4, 0.5) is 0 Å². The number of aromatic nitrogens is 1. The smallest absolute Gasteiger partial charge is 0.254 e. The molecule has 1 fully saturated rings. The fourth-order valence-electron chi connectivity index (χ4n) is 3.75. The third-order valence-corrected chi connectivity index (χ3v) is 5.27. The van der Waals surface area contributed by atoms with Gasteiger partial charge in [-0.15, -0.1) is 0 Å². The number of amides is 1. The molecule has 3 aromatic rings. The predicted molar refractivity (Wildman–Crippen MR) is 114 cm³/mol. The number of morpholine rings is 1. The molecule has 0 N–H and O–H groups in total. The quantitative estimate of drug-likeness (QED) is 0.663. The number of hydrogen-bond donors (Lipinski definition) is 0. The van der Waals surface area contributed by atoms with E-state index in [0.717, 1.165) is 17.8 Å². The second-order valence-corrected chi connectivity index (χ2v) is 7.68. The Morgan fingerprint density at radius 3 is 2.55 bits per heavy atom. The van der Waals surface area contributed by atoms with E-state index in [4.69, 9.17) is 9.72 Å². The molecule has 1 aromatic heterocycles. The highest BCUT2D eigenvalue weighted by molar-refractivity contribution is 5.94. The number of carbonyl (C=O) groups excluding carboxylic acids is 1. The van der Waals surface area contributed by atoms with Gasteiger partial charge < -0.3 is 9.64 Å². The summed E-state index contributed by atoms with van der Waals surface area (Å²) < 4.78 is 6.00. The van der Waals surface area contributed by atoms with Gasteiger partial charge >= 0.3 is 0 Å². The third kappa shape index (κ3) is 4.72. The maximum Gasteiger partial charge on any atom is 0.254 e. The van der Waals surface area contributed by atoms with Crippen molar-refractivity contribution in [2.45, 2.75) is 26.4 Å². The summed E-state index contributed by atoms with van der Waals surface area (Å²) in [4.78, 5) is 19.4. The number of pyridine rings is 1. The Bertz CT molecular complexity index is 983. The molecule has 0 saturated carbocycles. The maximum atomic E-state index is 12.8. The van der Waals surface area contributed by atoms with Gasteiger partial charge in [-0.1, -0.05) is 48.0 Å². The molecular weight excluding hydrogens is 360 g/mol. The Morgan fingerprint density at radius 2 is 1.79 bits per heavy atom. The fraction of sp³-hybridized carbons (Fsp3) is 0.280. The zero-order valence-electron chi connectivity index (χ0n) is 17.0. The number of hydrogen-bond acceptors (Lipinski definition) is 3. The zero-order valence-corrected chi connectivity index (χ0v) is 17.0. The molecule has 1 aliphatic rings. The largest absolute Gasteiger partial charge is 0.368 e. The lowest BCUT2D eigenvalue weighted by Crippen LogP contribution is -2.42. The Balaban J connectivity index is 1.52. The predicted octanol–water partition coefficient (Wildman–Crippen LogP) is 4.50. The molecule has 0 aliphatic carbocycles. The monoisotopic (exact) mass is 386 g/mol. The number of rotatable bonds is 4. The molecule has 1 aliphatic heterocycles. The number of ether oxygens (including phenoxy) is 1. The number of aryl methyl sites for hydroxylation is 2. The zero-order chi connectivity index (χ0) is 20.2. The topological polar surface area (TPSA) is 42.4 Å². The average molecular weight is 386 g/mol. The first-order chi connectivity index (χ1) is 14.1. The van der Waals surface area contributed by atoms with Crippen molar-refractivity contribution in [3.8, 4) is 0 Å². The summed E-state index contributed by atoms with van der Waals surface area (Å²) >= 11 is 0. The lowest BCUT2D eigenvalue weighted by atomic mass is 10.0. The lowest BCUT2D eigenvalue weighted by molar-refractivity contribution is -0.0248. The van der Waals surface area contributed by atoms with Gasteiger partial charge in [-0.25, -0.2) is 0 Å². The van der Waals surface area contributed by atoms with Crippen LogP contribution in [0.3, 0.4) is 0 Å². The van der Waals surface area contributed by atoms with Crippen LogP contribution in [0.25, 0.3) is 0 Å². The SMILES string of the molecule is Cc1ccc(Cc2cc(C)nc([C@H]3CN(C(=O)c4ccccc4)CCO3)c2)cc1. The molecule has 29 heavy (non-hydrogen) atoms. The molecule has 0 spiro atoms. The first kappa shape index (κ1) is 19.3. The van der Waals surface area contributed by atoms with E-state index in [9.17, 15) is 4.79 Å². The summed E-state index contributed by atoms with van der Waals surface area (Å²) in [6, 6.07) is 22.3. The summed E-state index contributed by atoms with van der Waals surface area (Å²) in [5, 5.41) is 0. The van der Waals surface area contributed by atoms with Crippen LogP contribution in [-0.2, 0) is 11.2 Å². The van der Waals surface area contributed by atoms with Gasteiger partial charge in [0.15, 0.2) is 0 Å². The fourth-order valence-corrected chi connectivity index (χ4v) is 3.75. The van der Waals surface area contributed by atoms with E-state index < -0.39 is 0 Å². The number of benzene rings is 2. The van der Waals surface area contributed by atoms with E-state index in [1.807, 2.05) is 42.2 Å². The van der Waals surface area contributed by atoms with Crippen LogP contribution in [0, 0.1) is 13.8 Å². The van der Waals surface area contributed by atoms with Crippen LogP contribution in [0.5, 0.6) is 0 Å². The Hall–Kier alpha value is -2.98. The van der Waals surface area contributed by atoms with Crippen molar-refractivity contribution in [2.24, 2.45) is 0 Å². The molecular formula is C25H26N2O2. The van der Waals surface area contributed by atoms with Crippen LogP contribution >= 0.6 is 0 Å². The average Bonchev–Trinajstić information content (AvgIpc) is 2.75. The molecule has 1 atom stereocenters. The van der Waals surface area contributed by atoms with Gasteiger partial charge in [0, 0.05) is 17.8 Å². The van der Waals surface area contributed by atoms with E-state index in [1.54, 1.807) is 0 Å². The van der Waals surface area contributed by atoms with E-state index >= 15 is 0 Å². The number of nitrogens with zero attached hydrogens (tertiary/aromatic N) is 2. The van der Waals surface area contributed by atoms with Crippen molar-refractivity contribution < 1.29 is 9.53 Å². The highest BCUT2D eigenvalue weighted by atomic mass is 16.5. The highest BCUT2D eigenvalue weighted by Gasteiger charge is 2.27. The molecule has 4 nitrogen and oxygen atoms in total. The molecule has 2 aromatic carbocycles. The van der Waals surface area contributed by atoms with Crippen LogP contribution in [0.15, 0.2) is 66.7 Å². The van der Waals surface area contributed by atoms with Gasteiger partial charge in [-0.3, -0.25) is 9.78 Å². The second-order valence-electron chi connectivity index (χ2n) is 7.68. The van der Waals surface area contributed by atoms with Gasteiger partial charge in [0.05, 0.1) is 18.8 Å². The van der Waals surface area contributed by atoms with Gasteiger partial charge in [-0.05, 0) is 55.7 Å². The minimum absolute atomic E-state index is 0.0476. The van der Waals surface area contributed by atoms with E-state index in [-0.39, 0.29) is 12.0 Å². The van der Waals surface area contributed by atoms with Gasteiger partial charge in [-0.2, -0.15) is 0 Å². The van der Waals surface area contributed by atoms with Crippen LogP contribution < -0.4 is 0 Å². The summed E-state index contributed by atoms with van der Waals surface area (Å²) in [5.41, 5.74) is 6.34. The molecule has 1 saturated heterocycles. The summed E-state index contributed by atoms with van der Waals surface area (Å²) in [6.45, 7) is 5.76. The van der Waals surface area contributed by atoms with Gasteiger partial charge in [0.1, 0.15) is 6.10 Å². The molecule has 4 heteroatoms. The Labute approximate surface area is 172 Å². The summed E-state index contributed by atoms with van der Waals surface area (Å²) in [6.07, 6.45) is 0.656. The first-order valence-corrected chi connectivity index (χ1v) is 10.1. The number of carbonyl (C=O) groups is 1. The molecule has 148 valence electrons. The van der Waals surface area contributed by atoms with Crippen LogP contribution in [0.2, 0.25) is 0 Å². The van der Waals surface area contributed by atoms with E-state index in [0.29, 0.717) is 25.3 Å². The van der Waals surface area contributed by atoms with Crippen molar-refractivity contribution in [1.29, 1.82) is 0 Å². The Morgan fingerprint density at radius 1 is 1.03 bits per heavy atom. The van der Waals surface area contributed by atoms with E-state index in [2.05, 4.69) is 43.3 Å². The van der Waals surface area contributed by atoms with Gasteiger partial charge in [0.2, 0.25) is 0 Å². The molecule has 1 amide bonds. The maximum absolute atomic E-state index is 12.8. The first-order valence-electron chi connectivity index (χ1n) is 10.1. The molecule has 4 rings (SSSR count). The second kappa shape index (κ2) is 8.58. The highest BCUT2D eigenvalue weighted by Crippen LogP contribution is 2.24. The van der Waals surface area contributed by atoms with Crippen molar-refractivity contribution >= 4 is 5.91 Å². The van der Waals surface area contributed by atoms with Crippen molar-refractivity contribution in [3.05, 3.63) is 100 Å². The molecule has 2 heterocycles. The minimum Gasteiger partial charge on any atom is -0.368 e. The van der Waals surface area contributed by atoms with Crippen molar-refractivity contribution in [1.82, 2.24) is 9.88 Å². The summed E-state index contributed by atoms with van der Waals surface area (Å²) in [5.74, 6) is 0.0476. The standard InChI is InChI=1S/C25H26N2O2/c1-18-8-10-20(11-9-18)15-21-14-19(2)26-23(16-21)24-17-27(12-13-29-24)25(28)22-6-4-3-5-7-22/h3-11,14,16,24H,12-13,15,17H2,1-2H3/t24-/m1/s1. The van der Waals surface area contributed by atoms with E-state index in [1.165, 1.54) is 16.7 Å². The van der Waals surface area contributed by atoms with Gasteiger partial charge in [0.25, 0.3) is 5.91 Å².